The van der Waals surface area contributed by atoms with Crippen LogP contribution in [-0.2, 0) is 15.8 Å². The van der Waals surface area contributed by atoms with Gasteiger partial charge in [0.25, 0.3) is 0 Å². The molecule has 3 aliphatic rings. The highest BCUT2D eigenvalue weighted by molar-refractivity contribution is 5.92. The smallest absolute Gasteiger partial charge is 0.378 e. The molecule has 1 saturated heterocycles. The zero-order chi connectivity index (χ0) is 29.3. The number of amides is 2. The number of nitrogens with zero attached hydrogens (tertiary/aromatic N) is 1. The standard InChI is InChI=1S/C34H34F3N3O2/c35-34(36,37)24-17-14-22(15-18-24)16-19-30(41)38-29-13-7-5-11-26(29)33(42)40-21-20-27-31(23-8-2-1-3-9-23)39-28-12-6-4-10-25(28)32(27)40/h1-4,6,8-10,12,14-19,26-27,29,31-32,39H,5,7,11,13,20-21H2,(H,38,41)/t26-,27+,29?,31-,32-/m0/s1. The van der Waals surface area contributed by atoms with E-state index in [1.54, 1.807) is 0 Å². The molecule has 0 bridgehead atoms. The molecule has 1 unspecified atom stereocenters. The fraction of sp³-hybridized carbons (Fsp3) is 0.353. The maximum atomic E-state index is 14.2. The molecule has 6 rings (SSSR count). The monoisotopic (exact) mass is 573 g/mol. The molecule has 218 valence electrons. The van der Waals surface area contributed by atoms with Gasteiger partial charge in [-0.3, -0.25) is 9.59 Å². The van der Waals surface area contributed by atoms with Crippen molar-refractivity contribution in [3.63, 3.8) is 0 Å². The van der Waals surface area contributed by atoms with Crippen LogP contribution in [0.3, 0.4) is 0 Å². The highest BCUT2D eigenvalue weighted by Gasteiger charge is 2.48. The van der Waals surface area contributed by atoms with Crippen molar-refractivity contribution < 1.29 is 22.8 Å². The summed E-state index contributed by atoms with van der Waals surface area (Å²) in [7, 11) is 0. The highest BCUT2D eigenvalue weighted by Crippen LogP contribution is 2.51. The molecule has 0 radical (unpaired) electrons. The average Bonchev–Trinajstić information content (AvgIpc) is 3.45. The number of para-hydroxylation sites is 1. The van der Waals surface area contributed by atoms with Crippen molar-refractivity contribution in [3.05, 3.63) is 107 Å². The third kappa shape index (κ3) is 5.67. The normalized spacial score (nSPS) is 25.4. The quantitative estimate of drug-likeness (QED) is 0.319. The van der Waals surface area contributed by atoms with Gasteiger partial charge in [0.05, 0.1) is 23.6 Å². The third-order valence-electron chi connectivity index (χ3n) is 8.98. The van der Waals surface area contributed by atoms with Crippen molar-refractivity contribution in [2.24, 2.45) is 11.8 Å². The lowest BCUT2D eigenvalue weighted by Gasteiger charge is -2.42. The molecule has 2 aliphatic heterocycles. The van der Waals surface area contributed by atoms with Crippen LogP contribution in [0.2, 0.25) is 0 Å². The van der Waals surface area contributed by atoms with E-state index in [4.69, 9.17) is 0 Å². The largest absolute Gasteiger partial charge is 0.416 e. The van der Waals surface area contributed by atoms with Crippen molar-refractivity contribution in [3.8, 4) is 0 Å². The number of benzene rings is 3. The van der Waals surface area contributed by atoms with E-state index in [2.05, 4.69) is 34.9 Å². The van der Waals surface area contributed by atoms with Crippen LogP contribution in [0.25, 0.3) is 6.08 Å². The van der Waals surface area contributed by atoms with Gasteiger partial charge in [0, 0.05) is 30.3 Å². The minimum atomic E-state index is -4.41. The number of fused-ring (bicyclic) bond motifs is 3. The van der Waals surface area contributed by atoms with E-state index in [9.17, 15) is 22.8 Å². The number of likely N-dealkylation sites (tertiary alicyclic amines) is 1. The minimum absolute atomic E-state index is 0.0435. The molecular formula is C34H34F3N3O2. The topological polar surface area (TPSA) is 61.4 Å². The molecular weight excluding hydrogens is 539 g/mol. The Bertz CT molecular complexity index is 1450. The maximum Gasteiger partial charge on any atom is 0.416 e. The molecule has 1 aliphatic carbocycles. The summed E-state index contributed by atoms with van der Waals surface area (Å²) >= 11 is 0. The number of rotatable bonds is 5. The van der Waals surface area contributed by atoms with Gasteiger partial charge in [-0.15, -0.1) is 0 Å². The Hall–Kier alpha value is -4.07. The molecule has 3 aromatic rings. The second-order valence-corrected chi connectivity index (χ2v) is 11.5. The van der Waals surface area contributed by atoms with Crippen LogP contribution in [0.15, 0.2) is 84.9 Å². The fourth-order valence-electron chi connectivity index (χ4n) is 6.96. The van der Waals surface area contributed by atoms with Crippen molar-refractivity contribution >= 4 is 23.6 Å². The van der Waals surface area contributed by atoms with Crippen LogP contribution in [0.5, 0.6) is 0 Å². The Morgan fingerprint density at radius 3 is 2.36 bits per heavy atom. The first-order valence-electron chi connectivity index (χ1n) is 14.7. The van der Waals surface area contributed by atoms with Crippen molar-refractivity contribution in [1.82, 2.24) is 10.2 Å². The van der Waals surface area contributed by atoms with Gasteiger partial charge >= 0.3 is 6.18 Å². The van der Waals surface area contributed by atoms with Gasteiger partial charge in [-0.1, -0.05) is 73.5 Å². The van der Waals surface area contributed by atoms with E-state index >= 15 is 0 Å². The first-order valence-corrected chi connectivity index (χ1v) is 14.7. The molecule has 5 nitrogen and oxygen atoms in total. The Morgan fingerprint density at radius 1 is 0.881 bits per heavy atom. The summed E-state index contributed by atoms with van der Waals surface area (Å²) in [6.45, 7) is 0.665. The van der Waals surface area contributed by atoms with Gasteiger partial charge < -0.3 is 15.5 Å². The van der Waals surface area contributed by atoms with Crippen LogP contribution in [0, 0.1) is 11.8 Å². The Morgan fingerprint density at radius 2 is 1.60 bits per heavy atom. The summed E-state index contributed by atoms with van der Waals surface area (Å²) in [5, 5.41) is 6.78. The number of alkyl halides is 3. The fourth-order valence-corrected chi connectivity index (χ4v) is 6.96. The van der Waals surface area contributed by atoms with Crippen molar-refractivity contribution in [2.75, 3.05) is 11.9 Å². The van der Waals surface area contributed by atoms with Gasteiger partial charge in [-0.2, -0.15) is 13.2 Å². The summed E-state index contributed by atoms with van der Waals surface area (Å²) in [6.07, 6.45) is 2.58. The zero-order valence-corrected chi connectivity index (χ0v) is 23.2. The minimum Gasteiger partial charge on any atom is -0.378 e. The first-order chi connectivity index (χ1) is 20.3. The average molecular weight is 574 g/mol. The van der Waals surface area contributed by atoms with Crippen LogP contribution in [0.1, 0.15) is 66.4 Å². The van der Waals surface area contributed by atoms with E-state index < -0.39 is 11.7 Å². The third-order valence-corrected chi connectivity index (χ3v) is 8.98. The molecule has 2 fully saturated rings. The van der Waals surface area contributed by atoms with E-state index in [0.717, 1.165) is 42.6 Å². The molecule has 5 atom stereocenters. The van der Waals surface area contributed by atoms with Crippen LogP contribution < -0.4 is 10.6 Å². The van der Waals surface area contributed by atoms with Crippen LogP contribution in [-0.4, -0.2) is 29.3 Å². The Kier molecular flexibility index (Phi) is 7.80. The molecule has 42 heavy (non-hydrogen) atoms. The van der Waals surface area contributed by atoms with E-state index in [1.807, 2.05) is 35.2 Å². The van der Waals surface area contributed by atoms with E-state index in [1.165, 1.54) is 29.8 Å². The molecule has 2 heterocycles. The second kappa shape index (κ2) is 11.7. The lowest BCUT2D eigenvalue weighted by Crippen LogP contribution is -2.49. The second-order valence-electron chi connectivity index (χ2n) is 11.5. The van der Waals surface area contributed by atoms with Gasteiger partial charge in [0.15, 0.2) is 0 Å². The zero-order valence-electron chi connectivity index (χ0n) is 23.2. The molecule has 3 aromatic carbocycles. The first kappa shape index (κ1) is 28.1. The van der Waals surface area contributed by atoms with Crippen LogP contribution in [0.4, 0.5) is 18.9 Å². The molecule has 0 spiro atoms. The van der Waals surface area contributed by atoms with Gasteiger partial charge in [0.2, 0.25) is 11.8 Å². The maximum absolute atomic E-state index is 14.2. The van der Waals surface area contributed by atoms with E-state index in [-0.39, 0.29) is 41.8 Å². The lowest BCUT2D eigenvalue weighted by atomic mass is 9.79. The predicted octanol–water partition coefficient (Wildman–Crippen LogP) is 7.15. The number of carbonyl (C=O) groups is 2. The number of hydrogen-bond donors (Lipinski definition) is 2. The van der Waals surface area contributed by atoms with E-state index in [0.29, 0.717) is 24.9 Å². The summed E-state index contributed by atoms with van der Waals surface area (Å²) in [5.41, 5.74) is 3.16. The molecule has 1 saturated carbocycles. The molecule has 0 aromatic heterocycles. The summed E-state index contributed by atoms with van der Waals surface area (Å²) in [5.74, 6) is -0.356. The van der Waals surface area contributed by atoms with Crippen LogP contribution >= 0.6 is 0 Å². The SMILES string of the molecule is O=C(C=Cc1ccc(C(F)(F)F)cc1)NC1CCCC[C@@H]1C(=O)N1CC[C@@H]2[C@H](c3ccccc3)Nc3ccccc3[C@@H]21. The summed E-state index contributed by atoms with van der Waals surface area (Å²) < 4.78 is 38.6. The van der Waals surface area contributed by atoms with Gasteiger partial charge in [-0.05, 0) is 60.2 Å². The summed E-state index contributed by atoms with van der Waals surface area (Å²) in [4.78, 5) is 29.2. The Balaban J connectivity index is 1.18. The Labute approximate surface area is 243 Å². The van der Waals surface area contributed by atoms with Crippen molar-refractivity contribution in [1.29, 1.82) is 0 Å². The number of hydrogen-bond acceptors (Lipinski definition) is 3. The molecule has 8 heteroatoms. The summed E-state index contributed by atoms with van der Waals surface area (Å²) in [6, 6.07) is 23.0. The number of carbonyl (C=O) groups excluding carboxylic acids is 2. The van der Waals surface area contributed by atoms with Crippen molar-refractivity contribution in [2.45, 2.75) is 56.4 Å². The number of anilines is 1. The predicted molar refractivity (Wildman–Crippen MR) is 156 cm³/mol. The number of nitrogens with one attached hydrogen (secondary N) is 2. The number of halogens is 3. The lowest BCUT2D eigenvalue weighted by molar-refractivity contribution is -0.139. The van der Waals surface area contributed by atoms with Gasteiger partial charge in [-0.25, -0.2) is 0 Å². The highest BCUT2D eigenvalue weighted by atomic mass is 19.4. The van der Waals surface area contributed by atoms with Gasteiger partial charge in [0.1, 0.15) is 0 Å². The molecule has 2 amide bonds. The molecule has 2 N–H and O–H groups in total.